The number of nitrogens with one attached hydrogen (secondary N) is 1. The van der Waals surface area contributed by atoms with E-state index in [0.29, 0.717) is 29.9 Å². The van der Waals surface area contributed by atoms with Gasteiger partial charge in [0.15, 0.2) is 0 Å². The van der Waals surface area contributed by atoms with Crippen molar-refractivity contribution in [2.75, 3.05) is 13.2 Å². The first kappa shape index (κ1) is 20.1. The van der Waals surface area contributed by atoms with Crippen LogP contribution in [0.5, 0.6) is 5.75 Å². The molecule has 0 bridgehead atoms. The molecular weight excluding hydrogens is 366 g/mol. The molecule has 0 aliphatic rings. The monoisotopic (exact) mass is 389 g/mol. The van der Waals surface area contributed by atoms with E-state index in [0.717, 1.165) is 11.3 Å². The summed E-state index contributed by atoms with van der Waals surface area (Å²) in [6.07, 6.45) is 4.95. The molecule has 0 radical (unpaired) electrons. The van der Waals surface area contributed by atoms with Gasteiger partial charge in [-0.25, -0.2) is 4.98 Å². The lowest BCUT2D eigenvalue weighted by atomic mass is 10.2. The summed E-state index contributed by atoms with van der Waals surface area (Å²) in [4.78, 5) is 33.6. The summed E-state index contributed by atoms with van der Waals surface area (Å²) in [6, 6.07) is 14.6. The fourth-order valence-electron chi connectivity index (χ4n) is 2.84. The van der Waals surface area contributed by atoms with Gasteiger partial charge in [0.2, 0.25) is 5.91 Å². The van der Waals surface area contributed by atoms with Crippen LogP contribution in [0.1, 0.15) is 18.3 Å². The smallest absolute Gasteiger partial charge is 0.258 e. The van der Waals surface area contributed by atoms with Gasteiger partial charge in [0.1, 0.15) is 18.2 Å². The van der Waals surface area contributed by atoms with Crippen LogP contribution in [0.4, 0.5) is 0 Å². The summed E-state index contributed by atoms with van der Waals surface area (Å²) in [5.41, 5.74) is 1.30. The number of aromatic amines is 1. The lowest BCUT2D eigenvalue weighted by molar-refractivity contribution is -0.126. The standard InChI is InChI=1S/C23H23N3O3/c1-3-15-29-18-12-9-17(10-13-18)11-14-22(27)26(4-2)16-21-24-20-8-6-5-7-19(20)23(28)25-21/h3,5-14H,1,4,15-16H2,2H3,(H,24,25,28)/b14-11+. The Balaban J connectivity index is 1.69. The maximum absolute atomic E-state index is 12.6. The van der Waals surface area contributed by atoms with E-state index in [1.54, 1.807) is 35.3 Å². The predicted octanol–water partition coefficient (Wildman–Crippen LogP) is 3.55. The van der Waals surface area contributed by atoms with E-state index in [-0.39, 0.29) is 18.0 Å². The normalized spacial score (nSPS) is 10.9. The van der Waals surface area contributed by atoms with Crippen LogP contribution in [0.3, 0.4) is 0 Å². The summed E-state index contributed by atoms with van der Waals surface area (Å²) in [5.74, 6) is 1.05. The average molecular weight is 389 g/mol. The van der Waals surface area contributed by atoms with Crippen LogP contribution in [-0.2, 0) is 11.3 Å². The Morgan fingerprint density at radius 2 is 1.97 bits per heavy atom. The molecule has 2 aromatic carbocycles. The van der Waals surface area contributed by atoms with Crippen molar-refractivity contribution in [3.05, 3.63) is 89.0 Å². The number of H-pyrrole nitrogens is 1. The van der Waals surface area contributed by atoms with Crippen molar-refractivity contribution < 1.29 is 9.53 Å². The third kappa shape index (κ3) is 5.19. The average Bonchev–Trinajstić information content (AvgIpc) is 2.75. The van der Waals surface area contributed by atoms with Crippen molar-refractivity contribution in [2.24, 2.45) is 0 Å². The number of para-hydroxylation sites is 1. The number of ether oxygens (including phenoxy) is 1. The number of likely N-dealkylation sites (N-methyl/N-ethyl adjacent to an activating group) is 1. The fourth-order valence-corrected chi connectivity index (χ4v) is 2.84. The molecular formula is C23H23N3O3. The van der Waals surface area contributed by atoms with E-state index in [2.05, 4.69) is 16.5 Å². The Bertz CT molecular complexity index is 1080. The van der Waals surface area contributed by atoms with Crippen molar-refractivity contribution in [3.8, 4) is 5.75 Å². The van der Waals surface area contributed by atoms with Gasteiger partial charge in [-0.15, -0.1) is 0 Å². The van der Waals surface area contributed by atoms with Crippen molar-refractivity contribution >= 4 is 22.9 Å². The van der Waals surface area contributed by atoms with Crippen LogP contribution < -0.4 is 10.3 Å². The molecule has 1 amide bonds. The third-order valence-electron chi connectivity index (χ3n) is 4.36. The molecule has 29 heavy (non-hydrogen) atoms. The highest BCUT2D eigenvalue weighted by atomic mass is 16.5. The van der Waals surface area contributed by atoms with E-state index in [1.807, 2.05) is 37.3 Å². The minimum Gasteiger partial charge on any atom is -0.490 e. The molecule has 0 fully saturated rings. The first-order valence-electron chi connectivity index (χ1n) is 9.39. The molecule has 1 aromatic heterocycles. The van der Waals surface area contributed by atoms with Crippen LogP contribution in [0.2, 0.25) is 0 Å². The number of amides is 1. The Morgan fingerprint density at radius 1 is 1.21 bits per heavy atom. The number of nitrogens with zero attached hydrogens (tertiary/aromatic N) is 2. The Labute approximate surface area is 169 Å². The Kier molecular flexibility index (Phi) is 6.58. The molecule has 0 saturated carbocycles. The van der Waals surface area contributed by atoms with Gasteiger partial charge >= 0.3 is 0 Å². The molecule has 6 nitrogen and oxygen atoms in total. The molecule has 0 unspecified atom stereocenters. The first-order valence-corrected chi connectivity index (χ1v) is 9.39. The highest BCUT2D eigenvalue weighted by Crippen LogP contribution is 2.14. The predicted molar refractivity (Wildman–Crippen MR) is 115 cm³/mol. The maximum Gasteiger partial charge on any atom is 0.258 e. The van der Waals surface area contributed by atoms with Gasteiger partial charge in [0.05, 0.1) is 17.4 Å². The van der Waals surface area contributed by atoms with E-state index in [4.69, 9.17) is 4.74 Å². The lowest BCUT2D eigenvalue weighted by Crippen LogP contribution is -2.30. The zero-order valence-electron chi connectivity index (χ0n) is 16.3. The summed E-state index contributed by atoms with van der Waals surface area (Å²) >= 11 is 0. The summed E-state index contributed by atoms with van der Waals surface area (Å²) in [5, 5.41) is 0.533. The highest BCUT2D eigenvalue weighted by Gasteiger charge is 2.12. The molecule has 0 aliphatic carbocycles. The number of fused-ring (bicyclic) bond motifs is 1. The van der Waals surface area contributed by atoms with E-state index in [1.165, 1.54) is 6.08 Å². The molecule has 1 N–H and O–H groups in total. The van der Waals surface area contributed by atoms with Gasteiger partial charge in [-0.2, -0.15) is 0 Å². The second-order valence-corrected chi connectivity index (χ2v) is 6.38. The van der Waals surface area contributed by atoms with E-state index in [9.17, 15) is 9.59 Å². The SMILES string of the molecule is C=CCOc1ccc(/C=C/C(=O)N(CC)Cc2nc3ccccc3c(=O)[nH]2)cc1. The summed E-state index contributed by atoms with van der Waals surface area (Å²) < 4.78 is 5.44. The number of benzene rings is 2. The fraction of sp³-hybridized carbons (Fsp3) is 0.174. The quantitative estimate of drug-likeness (QED) is 0.472. The number of carbonyl (C=O) groups is 1. The minimum absolute atomic E-state index is 0.157. The largest absolute Gasteiger partial charge is 0.490 e. The van der Waals surface area contributed by atoms with Gasteiger partial charge in [-0.05, 0) is 42.8 Å². The van der Waals surface area contributed by atoms with Gasteiger partial charge in [0, 0.05) is 12.6 Å². The Hall–Kier alpha value is -3.67. The Morgan fingerprint density at radius 3 is 2.69 bits per heavy atom. The summed E-state index contributed by atoms with van der Waals surface area (Å²) in [6.45, 7) is 6.67. The van der Waals surface area contributed by atoms with Crippen LogP contribution >= 0.6 is 0 Å². The van der Waals surface area contributed by atoms with Crippen molar-refractivity contribution in [1.82, 2.24) is 14.9 Å². The lowest BCUT2D eigenvalue weighted by Gasteiger charge is -2.18. The minimum atomic E-state index is -0.205. The number of carbonyl (C=O) groups excluding carboxylic acids is 1. The van der Waals surface area contributed by atoms with E-state index < -0.39 is 0 Å². The molecule has 0 spiro atoms. The molecule has 3 aromatic rings. The second-order valence-electron chi connectivity index (χ2n) is 6.38. The maximum atomic E-state index is 12.6. The number of hydrogen-bond donors (Lipinski definition) is 1. The van der Waals surface area contributed by atoms with Crippen molar-refractivity contribution in [2.45, 2.75) is 13.5 Å². The highest BCUT2D eigenvalue weighted by molar-refractivity contribution is 5.91. The number of rotatable bonds is 8. The molecule has 0 atom stereocenters. The van der Waals surface area contributed by atoms with Crippen LogP contribution in [0.25, 0.3) is 17.0 Å². The van der Waals surface area contributed by atoms with Gasteiger partial charge < -0.3 is 14.6 Å². The molecule has 0 aliphatic heterocycles. The molecule has 1 heterocycles. The topological polar surface area (TPSA) is 75.3 Å². The zero-order chi connectivity index (χ0) is 20.6. The van der Waals surface area contributed by atoms with Crippen LogP contribution in [0.15, 0.2) is 72.1 Å². The molecule has 148 valence electrons. The van der Waals surface area contributed by atoms with Crippen molar-refractivity contribution in [1.29, 1.82) is 0 Å². The van der Waals surface area contributed by atoms with Gasteiger partial charge in [-0.1, -0.05) is 36.9 Å². The van der Waals surface area contributed by atoms with Crippen molar-refractivity contribution in [3.63, 3.8) is 0 Å². The molecule has 6 heteroatoms. The zero-order valence-corrected chi connectivity index (χ0v) is 16.3. The van der Waals surface area contributed by atoms with Crippen LogP contribution in [-0.4, -0.2) is 33.9 Å². The van der Waals surface area contributed by atoms with Crippen LogP contribution in [0, 0.1) is 0 Å². The molecule has 0 saturated heterocycles. The van der Waals surface area contributed by atoms with Gasteiger partial charge in [0.25, 0.3) is 5.56 Å². The number of aromatic nitrogens is 2. The first-order chi connectivity index (χ1) is 14.1. The number of hydrogen-bond acceptors (Lipinski definition) is 4. The molecule has 3 rings (SSSR count). The summed E-state index contributed by atoms with van der Waals surface area (Å²) in [7, 11) is 0. The van der Waals surface area contributed by atoms with E-state index >= 15 is 0 Å². The van der Waals surface area contributed by atoms with Gasteiger partial charge in [-0.3, -0.25) is 9.59 Å². The second kappa shape index (κ2) is 9.50. The third-order valence-corrected chi connectivity index (χ3v) is 4.36.